The van der Waals surface area contributed by atoms with Crippen LogP contribution < -0.4 is 5.32 Å². The number of aryl methyl sites for hydroxylation is 2. The Bertz CT molecular complexity index is 399. The smallest absolute Gasteiger partial charge is 0.0329 e. The maximum Gasteiger partial charge on any atom is 0.0329 e. The van der Waals surface area contributed by atoms with Gasteiger partial charge in [-0.3, -0.25) is 0 Å². The van der Waals surface area contributed by atoms with E-state index in [-0.39, 0.29) is 0 Å². The van der Waals surface area contributed by atoms with Crippen molar-refractivity contribution in [2.45, 2.75) is 45.7 Å². The number of hydrogen-bond donors (Lipinski definition) is 1. The number of rotatable bonds is 9. The van der Waals surface area contributed by atoms with Gasteiger partial charge in [0.05, 0.1) is 0 Å². The summed E-state index contributed by atoms with van der Waals surface area (Å²) < 4.78 is 0. The van der Waals surface area contributed by atoms with E-state index in [1.54, 1.807) is 0 Å². The molecular weight excluding hydrogens is 276 g/mol. The van der Waals surface area contributed by atoms with Crippen molar-refractivity contribution in [1.29, 1.82) is 0 Å². The second-order valence-electron chi connectivity index (χ2n) is 6.16. The van der Waals surface area contributed by atoms with Crippen molar-refractivity contribution in [2.24, 2.45) is 0 Å². The summed E-state index contributed by atoms with van der Waals surface area (Å²) in [6.45, 7) is 7.83. The van der Waals surface area contributed by atoms with Gasteiger partial charge in [0, 0.05) is 12.1 Å². The van der Waals surface area contributed by atoms with E-state index in [2.05, 4.69) is 69.5 Å². The predicted octanol–water partition coefficient (Wildman–Crippen LogP) is 4.03. The van der Waals surface area contributed by atoms with Crippen molar-refractivity contribution in [1.82, 2.24) is 10.2 Å². The molecule has 0 aromatic heterocycles. The Balaban J connectivity index is 2.58. The maximum absolute atomic E-state index is 3.48. The fraction of sp³-hybridized carbons (Fsp3) is 0.667. The van der Waals surface area contributed by atoms with Crippen LogP contribution >= 0.6 is 11.8 Å². The fourth-order valence-corrected chi connectivity index (χ4v) is 3.33. The molecule has 0 bridgehead atoms. The highest BCUT2D eigenvalue weighted by molar-refractivity contribution is 7.98. The van der Waals surface area contributed by atoms with Gasteiger partial charge in [0.25, 0.3) is 0 Å². The normalized spacial score (nSPS) is 14.4. The van der Waals surface area contributed by atoms with Gasteiger partial charge in [0.2, 0.25) is 0 Å². The first-order valence-corrected chi connectivity index (χ1v) is 9.32. The third-order valence-electron chi connectivity index (χ3n) is 4.26. The Hall–Kier alpha value is -0.510. The molecule has 0 aliphatic carbocycles. The van der Waals surface area contributed by atoms with E-state index in [1.807, 2.05) is 11.8 Å². The third kappa shape index (κ3) is 6.41. The Morgan fingerprint density at radius 1 is 1.14 bits per heavy atom. The van der Waals surface area contributed by atoms with Crippen molar-refractivity contribution in [3.8, 4) is 0 Å². The molecule has 1 N–H and O–H groups in total. The Morgan fingerprint density at radius 2 is 1.76 bits per heavy atom. The van der Waals surface area contributed by atoms with E-state index in [0.29, 0.717) is 12.1 Å². The molecule has 3 heteroatoms. The van der Waals surface area contributed by atoms with Crippen LogP contribution in [0.2, 0.25) is 0 Å². The van der Waals surface area contributed by atoms with Crippen molar-refractivity contribution in [3.63, 3.8) is 0 Å². The van der Waals surface area contributed by atoms with Gasteiger partial charge in [-0.15, -0.1) is 0 Å². The first-order valence-electron chi connectivity index (χ1n) is 7.92. The molecule has 21 heavy (non-hydrogen) atoms. The molecule has 0 saturated heterocycles. The Kier molecular flexibility index (Phi) is 8.38. The third-order valence-corrected chi connectivity index (χ3v) is 4.90. The van der Waals surface area contributed by atoms with Gasteiger partial charge in [-0.1, -0.05) is 29.3 Å². The van der Waals surface area contributed by atoms with Crippen LogP contribution in [0.4, 0.5) is 0 Å². The number of nitrogens with one attached hydrogen (secondary N) is 1. The average Bonchev–Trinajstić information content (AvgIpc) is 2.44. The van der Waals surface area contributed by atoms with Crippen LogP contribution in [0.5, 0.6) is 0 Å². The number of benzene rings is 1. The van der Waals surface area contributed by atoms with Crippen LogP contribution in [-0.4, -0.2) is 43.6 Å². The summed E-state index contributed by atoms with van der Waals surface area (Å²) in [5.41, 5.74) is 4.12. The summed E-state index contributed by atoms with van der Waals surface area (Å²) in [6.07, 6.45) is 4.61. The molecule has 1 rings (SSSR count). The molecule has 2 nitrogen and oxygen atoms in total. The minimum atomic E-state index is 0.443. The van der Waals surface area contributed by atoms with E-state index in [4.69, 9.17) is 0 Å². The van der Waals surface area contributed by atoms with E-state index >= 15 is 0 Å². The van der Waals surface area contributed by atoms with Crippen molar-refractivity contribution in [2.75, 3.05) is 32.6 Å². The standard InChI is InChI=1S/C18H32N2S/c1-14-11-15(2)13-17(12-14)18(19-4)7-9-20(5)16(3)8-10-21-6/h11-13,16,18-19H,7-10H2,1-6H3. The van der Waals surface area contributed by atoms with Crippen LogP contribution in [0, 0.1) is 13.8 Å². The summed E-state index contributed by atoms with van der Waals surface area (Å²) in [5.74, 6) is 1.25. The van der Waals surface area contributed by atoms with E-state index in [1.165, 1.54) is 28.9 Å². The molecule has 1 aromatic rings. The van der Waals surface area contributed by atoms with Crippen LogP contribution in [0.3, 0.4) is 0 Å². The number of nitrogens with zero attached hydrogens (tertiary/aromatic N) is 1. The maximum atomic E-state index is 3.48. The van der Waals surface area contributed by atoms with Gasteiger partial charge in [-0.2, -0.15) is 11.8 Å². The Morgan fingerprint density at radius 3 is 2.29 bits per heavy atom. The van der Waals surface area contributed by atoms with Crippen LogP contribution in [0.25, 0.3) is 0 Å². The zero-order valence-electron chi connectivity index (χ0n) is 14.6. The summed E-state index contributed by atoms with van der Waals surface area (Å²) >= 11 is 1.94. The fourth-order valence-electron chi connectivity index (χ4n) is 2.75. The van der Waals surface area contributed by atoms with E-state index in [0.717, 1.165) is 13.0 Å². The lowest BCUT2D eigenvalue weighted by Gasteiger charge is -2.27. The molecule has 0 saturated carbocycles. The largest absolute Gasteiger partial charge is 0.313 e. The quantitative estimate of drug-likeness (QED) is 0.741. The van der Waals surface area contributed by atoms with E-state index in [9.17, 15) is 0 Å². The summed E-state index contributed by atoms with van der Waals surface area (Å²) in [6, 6.07) is 7.97. The lowest BCUT2D eigenvalue weighted by molar-refractivity contribution is 0.240. The van der Waals surface area contributed by atoms with E-state index < -0.39 is 0 Å². The highest BCUT2D eigenvalue weighted by atomic mass is 32.2. The molecule has 0 radical (unpaired) electrons. The van der Waals surface area contributed by atoms with Crippen LogP contribution in [0.15, 0.2) is 18.2 Å². The zero-order valence-corrected chi connectivity index (χ0v) is 15.4. The molecule has 1 aromatic carbocycles. The first-order chi connectivity index (χ1) is 9.97. The molecule has 0 spiro atoms. The molecular formula is C18H32N2S. The van der Waals surface area contributed by atoms with Crippen LogP contribution in [0.1, 0.15) is 42.5 Å². The van der Waals surface area contributed by atoms with Crippen molar-refractivity contribution in [3.05, 3.63) is 34.9 Å². The molecule has 0 heterocycles. The number of thioether (sulfide) groups is 1. The highest BCUT2D eigenvalue weighted by Crippen LogP contribution is 2.20. The Labute approximate surface area is 135 Å². The highest BCUT2D eigenvalue weighted by Gasteiger charge is 2.14. The topological polar surface area (TPSA) is 15.3 Å². The second-order valence-corrected chi connectivity index (χ2v) is 7.15. The summed E-state index contributed by atoms with van der Waals surface area (Å²) in [4.78, 5) is 2.49. The van der Waals surface area contributed by atoms with Crippen molar-refractivity contribution < 1.29 is 0 Å². The minimum Gasteiger partial charge on any atom is -0.313 e. The average molecular weight is 309 g/mol. The van der Waals surface area contributed by atoms with Gasteiger partial charge >= 0.3 is 0 Å². The monoisotopic (exact) mass is 308 g/mol. The predicted molar refractivity (Wildman–Crippen MR) is 97.4 cm³/mol. The summed E-state index contributed by atoms with van der Waals surface area (Å²) in [7, 11) is 4.32. The van der Waals surface area contributed by atoms with Gasteiger partial charge in [-0.05, 0) is 71.8 Å². The lowest BCUT2D eigenvalue weighted by Crippen LogP contribution is -2.32. The van der Waals surface area contributed by atoms with Crippen molar-refractivity contribution >= 4 is 11.8 Å². The zero-order chi connectivity index (χ0) is 15.8. The molecule has 2 atom stereocenters. The van der Waals surface area contributed by atoms with Crippen LogP contribution in [-0.2, 0) is 0 Å². The molecule has 0 amide bonds. The van der Waals surface area contributed by atoms with Gasteiger partial charge in [0.1, 0.15) is 0 Å². The van der Waals surface area contributed by atoms with Gasteiger partial charge < -0.3 is 10.2 Å². The second kappa shape index (κ2) is 9.50. The molecule has 2 unspecified atom stereocenters. The molecule has 0 aliphatic heterocycles. The number of hydrogen-bond acceptors (Lipinski definition) is 3. The molecule has 120 valence electrons. The SMILES string of the molecule is CNC(CCN(C)C(C)CCSC)c1cc(C)cc(C)c1. The molecule has 0 fully saturated rings. The van der Waals surface area contributed by atoms with Gasteiger partial charge in [-0.25, -0.2) is 0 Å². The summed E-state index contributed by atoms with van der Waals surface area (Å²) in [5, 5.41) is 3.48. The lowest BCUT2D eigenvalue weighted by atomic mass is 9.99. The minimum absolute atomic E-state index is 0.443. The van der Waals surface area contributed by atoms with Gasteiger partial charge in [0.15, 0.2) is 0 Å². The first kappa shape index (κ1) is 18.5. The molecule has 0 aliphatic rings.